The number of carboxylic acid groups (broad SMARTS) is 1. The van der Waals surface area contributed by atoms with Gasteiger partial charge in [0.25, 0.3) is 0 Å². The van der Waals surface area contributed by atoms with Crippen molar-refractivity contribution >= 4 is 18.0 Å². The Labute approximate surface area is 196 Å². The third-order valence-corrected chi connectivity index (χ3v) is 5.73. The SMILES string of the molecule is C[C@@H]([C@H](OCc1ccccc1)C(=O)O)N(NC(=O)OC(C)(C)C)C(=O)CCC1CCCCC1. The molecule has 1 aliphatic carbocycles. The standard InChI is InChI=1S/C25H38N2O6/c1-18(22(23(29)30)32-17-20-13-9-6-10-14-20)27(26-24(31)33-25(2,3)4)21(28)16-15-19-11-7-5-8-12-19/h6,9-10,13-14,18-19,22H,5,7-8,11-12,15-17H2,1-4H3,(H,26,31)(H,29,30)/t18-,22-/m0/s1. The van der Waals surface area contributed by atoms with E-state index in [1.54, 1.807) is 27.7 Å². The summed E-state index contributed by atoms with van der Waals surface area (Å²) >= 11 is 0. The van der Waals surface area contributed by atoms with E-state index in [1.807, 2.05) is 30.3 Å². The van der Waals surface area contributed by atoms with Gasteiger partial charge in [-0.2, -0.15) is 0 Å². The molecule has 0 aliphatic heterocycles. The van der Waals surface area contributed by atoms with E-state index in [1.165, 1.54) is 19.3 Å². The molecule has 0 radical (unpaired) electrons. The van der Waals surface area contributed by atoms with Crippen LogP contribution in [0.1, 0.15) is 78.2 Å². The van der Waals surface area contributed by atoms with Crippen molar-refractivity contribution in [2.75, 3.05) is 0 Å². The maximum atomic E-state index is 13.1. The fourth-order valence-corrected chi connectivity index (χ4v) is 4.03. The summed E-state index contributed by atoms with van der Waals surface area (Å²) in [6, 6.07) is 8.24. The first-order valence-corrected chi connectivity index (χ1v) is 11.8. The number of aliphatic carboxylic acids is 1. The first-order chi connectivity index (χ1) is 15.6. The van der Waals surface area contributed by atoms with Crippen LogP contribution in [-0.2, 0) is 25.7 Å². The summed E-state index contributed by atoms with van der Waals surface area (Å²) in [5.41, 5.74) is 2.52. The zero-order chi connectivity index (χ0) is 24.4. The molecule has 0 aromatic heterocycles. The second-order valence-corrected chi connectivity index (χ2v) is 9.72. The zero-order valence-corrected chi connectivity index (χ0v) is 20.2. The van der Waals surface area contributed by atoms with Gasteiger partial charge in [0.15, 0.2) is 6.10 Å². The van der Waals surface area contributed by atoms with Gasteiger partial charge in [0.05, 0.1) is 12.6 Å². The van der Waals surface area contributed by atoms with E-state index in [-0.39, 0.29) is 18.9 Å². The van der Waals surface area contributed by atoms with E-state index >= 15 is 0 Å². The smallest absolute Gasteiger partial charge is 0.426 e. The van der Waals surface area contributed by atoms with Gasteiger partial charge in [-0.3, -0.25) is 4.79 Å². The number of hydrogen-bond acceptors (Lipinski definition) is 5. The molecule has 1 saturated carbocycles. The Morgan fingerprint density at radius 3 is 2.33 bits per heavy atom. The average Bonchev–Trinajstić information content (AvgIpc) is 2.76. The Balaban J connectivity index is 2.12. The number of carbonyl (C=O) groups is 3. The number of rotatable bonds is 9. The Morgan fingerprint density at radius 2 is 1.76 bits per heavy atom. The van der Waals surface area contributed by atoms with Crippen LogP contribution < -0.4 is 5.43 Å². The Hall–Kier alpha value is -2.61. The van der Waals surface area contributed by atoms with Crippen molar-refractivity contribution in [1.82, 2.24) is 10.4 Å². The molecule has 1 fully saturated rings. The van der Waals surface area contributed by atoms with Crippen molar-refractivity contribution in [2.45, 2.75) is 97.0 Å². The molecule has 0 unspecified atom stereocenters. The number of benzene rings is 1. The molecule has 33 heavy (non-hydrogen) atoms. The van der Waals surface area contributed by atoms with Crippen molar-refractivity contribution in [3.8, 4) is 0 Å². The molecule has 1 aromatic carbocycles. The lowest BCUT2D eigenvalue weighted by Crippen LogP contribution is -2.57. The lowest BCUT2D eigenvalue weighted by atomic mass is 9.86. The highest BCUT2D eigenvalue weighted by molar-refractivity contribution is 5.81. The summed E-state index contributed by atoms with van der Waals surface area (Å²) in [4.78, 5) is 37.6. The Bertz CT molecular complexity index is 771. The van der Waals surface area contributed by atoms with Gasteiger partial charge in [-0.25, -0.2) is 20.0 Å². The number of hydrogen-bond donors (Lipinski definition) is 2. The summed E-state index contributed by atoms with van der Waals surface area (Å²) in [5, 5.41) is 10.9. The van der Waals surface area contributed by atoms with Crippen molar-refractivity contribution < 1.29 is 29.0 Å². The topological polar surface area (TPSA) is 105 Å². The van der Waals surface area contributed by atoms with Crippen LogP contribution in [0.4, 0.5) is 4.79 Å². The summed E-state index contributed by atoms with van der Waals surface area (Å²) in [6.45, 7) is 6.77. The number of nitrogens with one attached hydrogen (secondary N) is 1. The molecule has 1 aromatic rings. The third kappa shape index (κ3) is 9.42. The molecule has 2 N–H and O–H groups in total. The van der Waals surface area contributed by atoms with Crippen molar-refractivity contribution in [2.24, 2.45) is 5.92 Å². The molecule has 8 heteroatoms. The first-order valence-electron chi connectivity index (χ1n) is 11.8. The maximum Gasteiger partial charge on any atom is 0.426 e. The Morgan fingerprint density at radius 1 is 1.12 bits per heavy atom. The predicted octanol–water partition coefficient (Wildman–Crippen LogP) is 4.67. The lowest BCUT2D eigenvalue weighted by molar-refractivity contribution is -0.161. The largest absolute Gasteiger partial charge is 0.479 e. The molecule has 0 saturated heterocycles. The Kier molecular flexibility index (Phi) is 10.2. The van der Waals surface area contributed by atoms with Crippen LogP contribution in [0.2, 0.25) is 0 Å². The van der Waals surface area contributed by atoms with Crippen molar-refractivity contribution in [3.05, 3.63) is 35.9 Å². The fourth-order valence-electron chi connectivity index (χ4n) is 4.03. The predicted molar refractivity (Wildman–Crippen MR) is 124 cm³/mol. The molecule has 0 spiro atoms. The molecule has 2 atom stereocenters. The van der Waals surface area contributed by atoms with Crippen LogP contribution in [0.15, 0.2) is 30.3 Å². The van der Waals surface area contributed by atoms with Crippen LogP contribution in [0, 0.1) is 5.92 Å². The quantitative estimate of drug-likeness (QED) is 0.517. The number of carboxylic acids is 1. The number of carbonyl (C=O) groups excluding carboxylic acids is 2. The molecular formula is C25H38N2O6. The molecule has 1 aliphatic rings. The third-order valence-electron chi connectivity index (χ3n) is 5.73. The number of amides is 2. The van der Waals surface area contributed by atoms with Crippen LogP contribution in [0.25, 0.3) is 0 Å². The minimum absolute atomic E-state index is 0.0681. The highest BCUT2D eigenvalue weighted by Gasteiger charge is 2.35. The number of hydrazine groups is 1. The van der Waals surface area contributed by atoms with Gasteiger partial charge >= 0.3 is 12.1 Å². The molecule has 2 amide bonds. The van der Waals surface area contributed by atoms with Gasteiger partial charge in [0.1, 0.15) is 5.60 Å². The first kappa shape index (κ1) is 26.6. The number of nitrogens with zero attached hydrogens (tertiary/aromatic N) is 1. The summed E-state index contributed by atoms with van der Waals surface area (Å²) in [7, 11) is 0. The summed E-state index contributed by atoms with van der Waals surface area (Å²) in [6.07, 6.45) is 4.54. The molecular weight excluding hydrogens is 424 g/mol. The summed E-state index contributed by atoms with van der Waals surface area (Å²) in [5.74, 6) is -1.09. The van der Waals surface area contributed by atoms with Crippen molar-refractivity contribution in [1.29, 1.82) is 0 Å². The van der Waals surface area contributed by atoms with E-state index in [0.29, 0.717) is 12.3 Å². The molecule has 2 rings (SSSR count). The molecule has 184 valence electrons. The van der Waals surface area contributed by atoms with E-state index in [0.717, 1.165) is 23.4 Å². The van der Waals surface area contributed by atoms with Crippen molar-refractivity contribution in [3.63, 3.8) is 0 Å². The van der Waals surface area contributed by atoms with Gasteiger partial charge in [0, 0.05) is 6.42 Å². The minimum atomic E-state index is -1.33. The van der Waals surface area contributed by atoms with Gasteiger partial charge < -0.3 is 14.6 Å². The highest BCUT2D eigenvalue weighted by Crippen LogP contribution is 2.27. The van der Waals surface area contributed by atoms with E-state index in [9.17, 15) is 19.5 Å². The highest BCUT2D eigenvalue weighted by atomic mass is 16.6. The second-order valence-electron chi connectivity index (χ2n) is 9.72. The maximum absolute atomic E-state index is 13.1. The summed E-state index contributed by atoms with van der Waals surface area (Å²) < 4.78 is 11.0. The van der Waals surface area contributed by atoms with E-state index < -0.39 is 29.8 Å². The normalized spacial score (nSPS) is 16.5. The second kappa shape index (κ2) is 12.6. The molecule has 0 heterocycles. The van der Waals surface area contributed by atoms with Gasteiger partial charge in [0.2, 0.25) is 5.91 Å². The molecule has 0 bridgehead atoms. The van der Waals surface area contributed by atoms with Gasteiger partial charge in [-0.05, 0) is 45.6 Å². The fraction of sp³-hybridized carbons (Fsp3) is 0.640. The minimum Gasteiger partial charge on any atom is -0.479 e. The van der Waals surface area contributed by atoms with Gasteiger partial charge in [-0.15, -0.1) is 0 Å². The zero-order valence-electron chi connectivity index (χ0n) is 20.2. The molecule has 8 nitrogen and oxygen atoms in total. The van der Waals surface area contributed by atoms with Crippen LogP contribution in [0.5, 0.6) is 0 Å². The number of ether oxygens (including phenoxy) is 2. The van der Waals surface area contributed by atoms with Gasteiger partial charge in [-0.1, -0.05) is 62.4 Å². The monoisotopic (exact) mass is 462 g/mol. The lowest BCUT2D eigenvalue weighted by Gasteiger charge is -2.34. The average molecular weight is 463 g/mol. The van der Waals surface area contributed by atoms with Crippen LogP contribution in [0.3, 0.4) is 0 Å². The van der Waals surface area contributed by atoms with E-state index in [4.69, 9.17) is 9.47 Å². The van der Waals surface area contributed by atoms with Crippen LogP contribution in [-0.4, -0.2) is 45.8 Å². The van der Waals surface area contributed by atoms with Crippen LogP contribution >= 0.6 is 0 Å². The van der Waals surface area contributed by atoms with E-state index in [2.05, 4.69) is 5.43 Å².